The number of allylic oxidation sites excluding steroid dienone is 1. The summed E-state index contributed by atoms with van der Waals surface area (Å²) < 4.78 is 21.8. The van der Waals surface area contributed by atoms with Gasteiger partial charge in [-0.05, 0) is 38.3 Å². The molecular formula is C9H17BO4P+. The maximum Gasteiger partial charge on any atom is 0.509 e. The van der Waals surface area contributed by atoms with E-state index in [0.717, 1.165) is 0 Å². The van der Waals surface area contributed by atoms with Crippen LogP contribution in [0.4, 0.5) is 0 Å². The molecule has 0 bridgehead atoms. The summed E-state index contributed by atoms with van der Waals surface area (Å²) >= 11 is 0. The number of rotatable bonds is 3. The maximum absolute atomic E-state index is 10.4. The molecule has 84 valence electrons. The Bertz CT molecular complexity index is 272. The lowest BCUT2D eigenvalue weighted by Crippen LogP contribution is -2.41. The average molecular weight is 231 g/mol. The Kier molecular flexibility index (Phi) is 3.72. The third-order valence-corrected chi connectivity index (χ3v) is 3.35. The molecule has 6 heteroatoms. The fourth-order valence-electron chi connectivity index (χ4n) is 1.23. The zero-order valence-corrected chi connectivity index (χ0v) is 10.5. The van der Waals surface area contributed by atoms with Crippen LogP contribution >= 0.6 is 8.03 Å². The molecule has 1 saturated heterocycles. The largest absolute Gasteiger partial charge is 0.509 e. The predicted octanol–water partition coefficient (Wildman–Crippen LogP) is 1.91. The topological polar surface area (TPSA) is 55.8 Å². The van der Waals surface area contributed by atoms with Crippen LogP contribution in [0.5, 0.6) is 0 Å². The molecule has 1 unspecified atom stereocenters. The van der Waals surface area contributed by atoms with Crippen molar-refractivity contribution in [2.75, 3.05) is 6.16 Å². The second-order valence-electron chi connectivity index (χ2n) is 4.59. The van der Waals surface area contributed by atoms with Gasteiger partial charge in [0.05, 0.1) is 11.2 Å². The van der Waals surface area contributed by atoms with E-state index in [-0.39, 0.29) is 17.4 Å². The molecule has 0 aromatic heterocycles. The van der Waals surface area contributed by atoms with Crippen LogP contribution in [0.2, 0.25) is 0 Å². The molecule has 1 heterocycles. The first-order valence-electron chi connectivity index (χ1n) is 4.90. The molecule has 0 aromatic carbocycles. The quantitative estimate of drug-likeness (QED) is 0.595. The minimum absolute atomic E-state index is 0.138. The lowest BCUT2D eigenvalue weighted by Gasteiger charge is -2.32. The smallest absolute Gasteiger partial charge is 0.400 e. The molecule has 1 aliphatic rings. The fraction of sp³-hybridized carbons (Fsp3) is 0.778. The highest BCUT2D eigenvalue weighted by molar-refractivity contribution is 7.38. The van der Waals surface area contributed by atoms with E-state index in [2.05, 4.69) is 0 Å². The minimum atomic E-state index is -2.12. The van der Waals surface area contributed by atoms with Gasteiger partial charge in [0.15, 0.2) is 6.16 Å². The molecule has 0 amide bonds. The average Bonchev–Trinajstić information content (AvgIpc) is 2.19. The zero-order valence-electron chi connectivity index (χ0n) is 9.56. The first-order chi connectivity index (χ1) is 6.74. The molecule has 0 radical (unpaired) electrons. The molecule has 1 aliphatic heterocycles. The van der Waals surface area contributed by atoms with Crippen molar-refractivity contribution >= 4 is 15.1 Å². The summed E-state index contributed by atoms with van der Waals surface area (Å²) in [6, 6.07) is 0. The van der Waals surface area contributed by atoms with Crippen molar-refractivity contribution in [3.05, 3.63) is 12.1 Å². The van der Waals surface area contributed by atoms with Crippen molar-refractivity contribution in [1.29, 1.82) is 0 Å². The van der Waals surface area contributed by atoms with E-state index in [4.69, 9.17) is 14.2 Å². The monoisotopic (exact) mass is 231 g/mol. The van der Waals surface area contributed by atoms with Crippen LogP contribution in [0.15, 0.2) is 12.1 Å². The Morgan fingerprint density at radius 2 is 1.73 bits per heavy atom. The van der Waals surface area contributed by atoms with Crippen molar-refractivity contribution in [2.45, 2.75) is 38.9 Å². The Hall–Kier alpha value is -0.215. The van der Waals surface area contributed by atoms with Crippen molar-refractivity contribution in [3.63, 3.8) is 0 Å². The van der Waals surface area contributed by atoms with E-state index >= 15 is 0 Å². The summed E-state index contributed by atoms with van der Waals surface area (Å²) in [5.74, 6) is 1.68. The first-order valence-corrected chi connectivity index (χ1v) is 6.30. The van der Waals surface area contributed by atoms with Gasteiger partial charge in [0.1, 0.15) is 0 Å². The Morgan fingerprint density at radius 3 is 2.13 bits per heavy atom. The van der Waals surface area contributed by atoms with E-state index < -0.39 is 15.1 Å². The van der Waals surface area contributed by atoms with Crippen LogP contribution in [-0.4, -0.2) is 29.4 Å². The van der Waals surface area contributed by atoms with E-state index in [1.165, 1.54) is 0 Å². The molecule has 4 nitrogen and oxygen atoms in total. The normalized spacial score (nSPS) is 24.9. The molecule has 1 fully saturated rings. The van der Waals surface area contributed by atoms with Gasteiger partial charge in [0.25, 0.3) is 0 Å². The number of hydrogen-bond acceptors (Lipinski definition) is 3. The van der Waals surface area contributed by atoms with Gasteiger partial charge < -0.3 is 9.31 Å². The predicted molar refractivity (Wildman–Crippen MR) is 59.9 cm³/mol. The van der Waals surface area contributed by atoms with Gasteiger partial charge in [0, 0.05) is 0 Å². The Labute approximate surface area is 91.7 Å². The summed E-state index contributed by atoms with van der Waals surface area (Å²) in [5, 5.41) is 0. The summed E-state index contributed by atoms with van der Waals surface area (Å²) in [6.07, 6.45) is 1.75. The van der Waals surface area contributed by atoms with Gasteiger partial charge in [-0.3, -0.25) is 0 Å². The molecule has 1 N–H and O–H groups in total. The lowest BCUT2D eigenvalue weighted by molar-refractivity contribution is 0.00578. The molecular weight excluding hydrogens is 214 g/mol. The molecule has 0 spiro atoms. The van der Waals surface area contributed by atoms with E-state index in [9.17, 15) is 4.57 Å². The van der Waals surface area contributed by atoms with Crippen LogP contribution in [0.3, 0.4) is 0 Å². The second kappa shape index (κ2) is 4.34. The standard InChI is InChI=1S/C9H16BO4P/c1-8(2)9(3,4)14-10(13-8)6-5-7-15(11)12/h5-6H,7H2,1-4H3/p+1. The Balaban J connectivity index is 2.56. The summed E-state index contributed by atoms with van der Waals surface area (Å²) in [6.45, 7) is 7.86. The Morgan fingerprint density at radius 1 is 1.27 bits per heavy atom. The maximum atomic E-state index is 10.4. The first kappa shape index (κ1) is 12.9. The molecule has 1 atom stereocenters. The summed E-state index contributed by atoms with van der Waals surface area (Å²) in [4.78, 5) is 8.61. The van der Waals surface area contributed by atoms with Crippen molar-refractivity contribution in [1.82, 2.24) is 0 Å². The van der Waals surface area contributed by atoms with Crippen molar-refractivity contribution in [3.8, 4) is 0 Å². The summed E-state index contributed by atoms with van der Waals surface area (Å²) in [5.41, 5.74) is -0.715. The third-order valence-electron chi connectivity index (χ3n) is 2.83. The fourth-order valence-corrected chi connectivity index (χ4v) is 1.53. The molecule has 0 aliphatic carbocycles. The van der Waals surface area contributed by atoms with Gasteiger partial charge >= 0.3 is 15.1 Å². The van der Waals surface area contributed by atoms with Crippen LogP contribution in [0.1, 0.15) is 27.7 Å². The summed E-state index contributed by atoms with van der Waals surface area (Å²) in [7, 11) is -2.54. The van der Waals surface area contributed by atoms with Gasteiger partial charge in [-0.25, -0.2) is 0 Å². The zero-order chi connectivity index (χ0) is 11.7. The van der Waals surface area contributed by atoms with E-state index in [0.29, 0.717) is 0 Å². The van der Waals surface area contributed by atoms with Gasteiger partial charge in [-0.2, -0.15) is 4.89 Å². The third kappa shape index (κ3) is 3.12. The van der Waals surface area contributed by atoms with Crippen molar-refractivity contribution in [2.24, 2.45) is 0 Å². The van der Waals surface area contributed by atoms with Gasteiger partial charge in [-0.1, -0.05) is 5.98 Å². The molecule has 0 aromatic rings. The molecule has 15 heavy (non-hydrogen) atoms. The van der Waals surface area contributed by atoms with Crippen molar-refractivity contribution < 1.29 is 18.8 Å². The second-order valence-corrected chi connectivity index (χ2v) is 5.66. The van der Waals surface area contributed by atoms with Crippen LogP contribution in [0.25, 0.3) is 0 Å². The molecule has 1 rings (SSSR count). The van der Waals surface area contributed by atoms with E-state index in [1.54, 1.807) is 12.1 Å². The lowest BCUT2D eigenvalue weighted by atomic mass is 9.90. The highest BCUT2D eigenvalue weighted by Gasteiger charge is 2.50. The van der Waals surface area contributed by atoms with Gasteiger partial charge in [-0.15, -0.1) is 0 Å². The highest BCUT2D eigenvalue weighted by atomic mass is 31.1. The van der Waals surface area contributed by atoms with Crippen LogP contribution in [0, 0.1) is 0 Å². The minimum Gasteiger partial charge on any atom is -0.400 e. The number of hydrogen-bond donors (Lipinski definition) is 1. The van der Waals surface area contributed by atoms with Crippen LogP contribution in [-0.2, 0) is 13.9 Å². The highest BCUT2D eigenvalue weighted by Crippen LogP contribution is 2.36. The van der Waals surface area contributed by atoms with Crippen LogP contribution < -0.4 is 0 Å². The SMILES string of the molecule is CC1(C)OB(C=CC[P+](=O)O)OC1(C)C. The van der Waals surface area contributed by atoms with Gasteiger partial charge in [0.2, 0.25) is 0 Å². The van der Waals surface area contributed by atoms with E-state index in [1.807, 2.05) is 27.7 Å². The molecule has 0 saturated carbocycles.